The fraction of sp³-hybridized carbons (Fsp3) is 0.500. The summed E-state index contributed by atoms with van der Waals surface area (Å²) in [6.07, 6.45) is 0.901. The maximum Gasteiger partial charge on any atom is 0.124 e. The minimum absolute atomic E-state index is 0.131. The molecule has 0 saturated heterocycles. The number of rotatable bonds is 3. The molecule has 0 spiro atoms. The molecule has 1 nitrogen and oxygen atoms in total. The van der Waals surface area contributed by atoms with Crippen LogP contribution >= 0.6 is 15.9 Å². The number of hydrogen-bond donors (Lipinski definition) is 1. The molecule has 1 aromatic rings. The third-order valence-electron chi connectivity index (χ3n) is 2.06. The van der Waals surface area contributed by atoms with Gasteiger partial charge in [0.15, 0.2) is 0 Å². The highest BCUT2D eigenvalue weighted by Gasteiger charge is 2.08. The van der Waals surface area contributed by atoms with Gasteiger partial charge in [-0.05, 0) is 51.4 Å². The van der Waals surface area contributed by atoms with E-state index in [0.29, 0.717) is 0 Å². The Labute approximate surface area is 99.2 Å². The highest BCUT2D eigenvalue weighted by atomic mass is 79.9. The lowest BCUT2D eigenvalue weighted by atomic mass is 10.1. The zero-order valence-electron chi connectivity index (χ0n) is 9.40. The molecule has 0 aliphatic carbocycles. The molecule has 0 aliphatic rings. The van der Waals surface area contributed by atoms with Crippen LogP contribution in [0.1, 0.15) is 26.3 Å². The average molecular weight is 274 g/mol. The maximum absolute atomic E-state index is 12.8. The van der Waals surface area contributed by atoms with Crippen LogP contribution in [0.25, 0.3) is 0 Å². The Morgan fingerprint density at radius 2 is 2.00 bits per heavy atom. The van der Waals surface area contributed by atoms with Crippen LogP contribution in [0.2, 0.25) is 0 Å². The smallest absolute Gasteiger partial charge is 0.124 e. The molecular weight excluding hydrogens is 257 g/mol. The minimum atomic E-state index is -0.200. The van der Waals surface area contributed by atoms with E-state index in [0.717, 1.165) is 23.0 Å². The molecule has 0 aliphatic heterocycles. The third-order valence-corrected chi connectivity index (χ3v) is 2.80. The molecular formula is C12H17BrFN. The number of nitrogens with one attached hydrogen (secondary N) is 1. The van der Waals surface area contributed by atoms with Gasteiger partial charge < -0.3 is 5.32 Å². The lowest BCUT2D eigenvalue weighted by molar-refractivity contribution is 0.429. The van der Waals surface area contributed by atoms with Gasteiger partial charge in [0.25, 0.3) is 0 Å². The summed E-state index contributed by atoms with van der Waals surface area (Å²) in [6.45, 7) is 7.29. The normalized spacial score (nSPS) is 11.8. The van der Waals surface area contributed by atoms with Crippen molar-refractivity contribution in [2.24, 2.45) is 0 Å². The van der Waals surface area contributed by atoms with Crippen molar-refractivity contribution >= 4 is 15.9 Å². The maximum atomic E-state index is 12.8. The summed E-state index contributed by atoms with van der Waals surface area (Å²) in [5, 5.41) is 3.40. The Morgan fingerprint density at radius 3 is 2.53 bits per heavy atom. The Morgan fingerprint density at radius 1 is 1.33 bits per heavy atom. The number of benzene rings is 1. The Kier molecular flexibility index (Phi) is 4.29. The van der Waals surface area contributed by atoms with Gasteiger partial charge in [0, 0.05) is 10.0 Å². The highest BCUT2D eigenvalue weighted by molar-refractivity contribution is 9.10. The molecule has 15 heavy (non-hydrogen) atoms. The fourth-order valence-corrected chi connectivity index (χ4v) is 1.85. The van der Waals surface area contributed by atoms with Crippen LogP contribution < -0.4 is 5.32 Å². The van der Waals surface area contributed by atoms with Gasteiger partial charge in [0.1, 0.15) is 5.82 Å². The van der Waals surface area contributed by atoms with Crippen LogP contribution in [0.5, 0.6) is 0 Å². The first-order chi connectivity index (χ1) is 6.88. The summed E-state index contributed by atoms with van der Waals surface area (Å²) in [7, 11) is 0. The van der Waals surface area contributed by atoms with Gasteiger partial charge in [-0.15, -0.1) is 0 Å². The van der Waals surface area contributed by atoms with E-state index in [1.807, 2.05) is 6.07 Å². The van der Waals surface area contributed by atoms with Gasteiger partial charge in [-0.1, -0.05) is 22.0 Å². The first-order valence-corrected chi connectivity index (χ1v) is 5.87. The Bertz CT molecular complexity index is 331. The van der Waals surface area contributed by atoms with Crippen molar-refractivity contribution < 1.29 is 4.39 Å². The monoisotopic (exact) mass is 273 g/mol. The predicted molar refractivity (Wildman–Crippen MR) is 65.6 cm³/mol. The SMILES string of the molecule is CC(C)(C)NCCc1ccc(F)cc1Br. The summed E-state index contributed by atoms with van der Waals surface area (Å²) >= 11 is 3.36. The van der Waals surface area contributed by atoms with Crippen LogP contribution in [0.15, 0.2) is 22.7 Å². The van der Waals surface area contributed by atoms with E-state index in [9.17, 15) is 4.39 Å². The third kappa shape index (κ3) is 4.76. The average Bonchev–Trinajstić information content (AvgIpc) is 2.07. The van der Waals surface area contributed by atoms with Crippen molar-refractivity contribution in [3.63, 3.8) is 0 Å². The van der Waals surface area contributed by atoms with Crippen molar-refractivity contribution in [1.29, 1.82) is 0 Å². The van der Waals surface area contributed by atoms with Crippen molar-refractivity contribution in [1.82, 2.24) is 5.32 Å². The van der Waals surface area contributed by atoms with Crippen molar-refractivity contribution in [2.45, 2.75) is 32.7 Å². The Balaban J connectivity index is 2.51. The molecule has 0 bridgehead atoms. The largest absolute Gasteiger partial charge is 0.312 e. The second-order valence-corrected chi connectivity index (χ2v) is 5.52. The van der Waals surface area contributed by atoms with Crippen molar-refractivity contribution in [3.8, 4) is 0 Å². The molecule has 84 valence electrons. The predicted octanol–water partition coefficient (Wildman–Crippen LogP) is 3.52. The van der Waals surface area contributed by atoms with Gasteiger partial charge in [-0.2, -0.15) is 0 Å². The molecule has 0 fully saturated rings. The van der Waals surface area contributed by atoms with Crippen LogP contribution in [-0.4, -0.2) is 12.1 Å². The van der Waals surface area contributed by atoms with E-state index in [1.54, 1.807) is 0 Å². The van der Waals surface area contributed by atoms with Crippen LogP contribution in [-0.2, 0) is 6.42 Å². The molecule has 0 saturated carbocycles. The highest BCUT2D eigenvalue weighted by Crippen LogP contribution is 2.18. The lowest BCUT2D eigenvalue weighted by Crippen LogP contribution is -2.37. The summed E-state index contributed by atoms with van der Waals surface area (Å²) in [5.74, 6) is -0.200. The summed E-state index contributed by atoms with van der Waals surface area (Å²) in [6, 6.07) is 4.83. The quantitative estimate of drug-likeness (QED) is 0.889. The minimum Gasteiger partial charge on any atom is -0.312 e. The molecule has 0 unspecified atom stereocenters. The fourth-order valence-electron chi connectivity index (χ4n) is 1.30. The van der Waals surface area contributed by atoms with Crippen LogP contribution in [0.4, 0.5) is 4.39 Å². The van der Waals surface area contributed by atoms with Gasteiger partial charge in [0.05, 0.1) is 0 Å². The van der Waals surface area contributed by atoms with E-state index in [-0.39, 0.29) is 11.4 Å². The van der Waals surface area contributed by atoms with E-state index in [4.69, 9.17) is 0 Å². The van der Waals surface area contributed by atoms with E-state index < -0.39 is 0 Å². The summed E-state index contributed by atoms with van der Waals surface area (Å²) in [5.41, 5.74) is 1.26. The van der Waals surface area contributed by atoms with Gasteiger partial charge in [0.2, 0.25) is 0 Å². The molecule has 1 rings (SSSR count). The molecule has 1 aromatic carbocycles. The molecule has 1 N–H and O–H groups in total. The molecule has 0 atom stereocenters. The van der Waals surface area contributed by atoms with Crippen LogP contribution in [0, 0.1) is 5.82 Å². The molecule has 0 heterocycles. The second kappa shape index (κ2) is 5.08. The topological polar surface area (TPSA) is 12.0 Å². The molecule has 0 radical (unpaired) electrons. The van der Waals surface area contributed by atoms with E-state index in [1.165, 1.54) is 12.1 Å². The molecule has 0 amide bonds. The van der Waals surface area contributed by atoms with E-state index >= 15 is 0 Å². The first-order valence-electron chi connectivity index (χ1n) is 5.07. The van der Waals surface area contributed by atoms with Crippen molar-refractivity contribution in [2.75, 3.05) is 6.54 Å². The van der Waals surface area contributed by atoms with Gasteiger partial charge in [-0.25, -0.2) is 4.39 Å². The van der Waals surface area contributed by atoms with Gasteiger partial charge in [-0.3, -0.25) is 0 Å². The Hall–Kier alpha value is -0.410. The van der Waals surface area contributed by atoms with Gasteiger partial charge >= 0.3 is 0 Å². The lowest BCUT2D eigenvalue weighted by Gasteiger charge is -2.20. The second-order valence-electron chi connectivity index (χ2n) is 4.66. The van der Waals surface area contributed by atoms with E-state index in [2.05, 4.69) is 42.0 Å². The molecule has 0 aromatic heterocycles. The number of halogens is 2. The van der Waals surface area contributed by atoms with Crippen molar-refractivity contribution in [3.05, 3.63) is 34.1 Å². The zero-order valence-corrected chi connectivity index (χ0v) is 11.0. The van der Waals surface area contributed by atoms with Crippen LogP contribution in [0.3, 0.4) is 0 Å². The first kappa shape index (κ1) is 12.7. The standard InChI is InChI=1S/C12H17BrFN/c1-12(2,3)15-7-6-9-4-5-10(14)8-11(9)13/h4-5,8,15H,6-7H2,1-3H3. The molecule has 3 heteroatoms. The zero-order chi connectivity index (χ0) is 11.5. The summed E-state index contributed by atoms with van der Waals surface area (Å²) in [4.78, 5) is 0. The number of hydrogen-bond acceptors (Lipinski definition) is 1. The summed E-state index contributed by atoms with van der Waals surface area (Å²) < 4.78 is 13.7.